The normalized spacial score (nSPS) is 33.2. The fourth-order valence-electron chi connectivity index (χ4n) is 3.29. The molecule has 7 heteroatoms. The van der Waals surface area contributed by atoms with Crippen molar-refractivity contribution in [2.75, 3.05) is 13.1 Å². The van der Waals surface area contributed by atoms with Crippen molar-refractivity contribution in [1.82, 2.24) is 10.2 Å². The van der Waals surface area contributed by atoms with Crippen LogP contribution in [0.1, 0.15) is 32.1 Å². The number of nitrogens with zero attached hydrogens (tertiary/aromatic N) is 2. The highest BCUT2D eigenvalue weighted by molar-refractivity contribution is 6.36. The second kappa shape index (κ2) is 5.40. The molecule has 2 N–H and O–H groups in total. The van der Waals surface area contributed by atoms with Gasteiger partial charge in [0, 0.05) is 25.0 Å². The predicted molar refractivity (Wildman–Crippen MR) is 70.3 cm³/mol. The summed E-state index contributed by atoms with van der Waals surface area (Å²) < 4.78 is 0. The third kappa shape index (κ3) is 2.63. The Balaban J connectivity index is 1.49. The fraction of sp³-hybridized carbons (Fsp3) is 0.769. The van der Waals surface area contributed by atoms with Gasteiger partial charge >= 0.3 is 5.97 Å². The number of carbonyl (C=O) groups excluding carboxylic acids is 1. The number of oxime groups is 1. The van der Waals surface area contributed by atoms with Crippen LogP contribution in [0.5, 0.6) is 0 Å². The van der Waals surface area contributed by atoms with E-state index >= 15 is 0 Å². The van der Waals surface area contributed by atoms with Crippen LogP contribution in [0.25, 0.3) is 0 Å². The number of rotatable bonds is 3. The average Bonchev–Trinajstić information content (AvgIpc) is 3.07. The van der Waals surface area contributed by atoms with Crippen molar-refractivity contribution in [3.05, 3.63) is 0 Å². The van der Waals surface area contributed by atoms with E-state index in [1.807, 2.05) is 0 Å². The van der Waals surface area contributed by atoms with E-state index in [4.69, 9.17) is 9.94 Å². The zero-order chi connectivity index (χ0) is 14.1. The summed E-state index contributed by atoms with van der Waals surface area (Å²) >= 11 is 0. The number of hydrogen-bond donors (Lipinski definition) is 2. The Bertz CT molecular complexity index is 451. The van der Waals surface area contributed by atoms with E-state index in [1.165, 1.54) is 19.4 Å². The number of nitrogens with one attached hydrogen (secondary N) is 1. The quantitative estimate of drug-likeness (QED) is 0.757. The summed E-state index contributed by atoms with van der Waals surface area (Å²) in [5.41, 5.74) is -0.0873. The Morgan fingerprint density at radius 2 is 2.20 bits per heavy atom. The van der Waals surface area contributed by atoms with Gasteiger partial charge in [-0.15, -0.1) is 0 Å². The maximum Gasteiger partial charge on any atom is 0.353 e. The second-order valence-electron chi connectivity index (χ2n) is 5.70. The van der Waals surface area contributed by atoms with Crippen LogP contribution < -0.4 is 5.32 Å². The maximum absolute atomic E-state index is 12.1. The molecule has 0 spiro atoms. The lowest BCUT2D eigenvalue weighted by Crippen LogP contribution is -2.49. The van der Waals surface area contributed by atoms with Crippen LogP contribution in [-0.4, -0.2) is 58.9 Å². The lowest BCUT2D eigenvalue weighted by atomic mass is 9.97. The molecule has 2 fully saturated rings. The monoisotopic (exact) mass is 281 g/mol. The highest BCUT2D eigenvalue weighted by Gasteiger charge is 2.36. The number of carboxylic acid groups (broad SMARTS) is 1. The molecule has 3 heterocycles. The molecule has 0 aliphatic carbocycles. The van der Waals surface area contributed by atoms with Crippen LogP contribution >= 0.6 is 0 Å². The Kier molecular flexibility index (Phi) is 3.60. The Morgan fingerprint density at radius 3 is 2.95 bits per heavy atom. The molecule has 3 aliphatic rings. The van der Waals surface area contributed by atoms with E-state index in [0.717, 1.165) is 19.4 Å². The first kappa shape index (κ1) is 13.4. The molecule has 3 rings (SSSR count). The predicted octanol–water partition coefficient (Wildman–Crippen LogP) is -0.0411. The fourth-order valence-corrected chi connectivity index (χ4v) is 3.29. The Hall–Kier alpha value is -1.63. The molecule has 3 unspecified atom stereocenters. The molecule has 0 saturated carbocycles. The summed E-state index contributed by atoms with van der Waals surface area (Å²) in [4.78, 5) is 30.2. The number of amides is 1. The SMILES string of the molecule is O=C(O)C1=NOC(C(=O)NC2CCN3CCCC3C2)C1. The van der Waals surface area contributed by atoms with Gasteiger partial charge in [-0.1, -0.05) is 5.16 Å². The largest absolute Gasteiger partial charge is 0.477 e. The third-order valence-corrected chi connectivity index (χ3v) is 4.38. The van der Waals surface area contributed by atoms with Gasteiger partial charge in [0.1, 0.15) is 0 Å². The zero-order valence-corrected chi connectivity index (χ0v) is 11.2. The summed E-state index contributed by atoms with van der Waals surface area (Å²) in [6.07, 6.45) is 3.63. The van der Waals surface area contributed by atoms with E-state index in [-0.39, 0.29) is 24.1 Å². The van der Waals surface area contributed by atoms with E-state index in [2.05, 4.69) is 15.4 Å². The van der Waals surface area contributed by atoms with Crippen LogP contribution in [0.2, 0.25) is 0 Å². The van der Waals surface area contributed by atoms with Crippen molar-refractivity contribution in [1.29, 1.82) is 0 Å². The first-order chi connectivity index (χ1) is 9.63. The molecule has 1 amide bonds. The number of fused-ring (bicyclic) bond motifs is 1. The minimum Gasteiger partial charge on any atom is -0.477 e. The molecule has 20 heavy (non-hydrogen) atoms. The van der Waals surface area contributed by atoms with Crippen molar-refractivity contribution in [3.63, 3.8) is 0 Å². The number of aliphatic carboxylic acids is 1. The van der Waals surface area contributed by atoms with Gasteiger partial charge in [0.05, 0.1) is 0 Å². The van der Waals surface area contributed by atoms with Gasteiger partial charge in [-0.3, -0.25) is 4.79 Å². The molecule has 3 aliphatic heterocycles. The lowest BCUT2D eigenvalue weighted by Gasteiger charge is -2.35. The molecular weight excluding hydrogens is 262 g/mol. The van der Waals surface area contributed by atoms with E-state index < -0.39 is 12.1 Å². The molecule has 0 radical (unpaired) electrons. The van der Waals surface area contributed by atoms with Crippen LogP contribution in [0, 0.1) is 0 Å². The average molecular weight is 281 g/mol. The molecule has 0 aromatic rings. The smallest absolute Gasteiger partial charge is 0.353 e. The topological polar surface area (TPSA) is 91.2 Å². The van der Waals surface area contributed by atoms with Crippen LogP contribution in [0.4, 0.5) is 0 Å². The van der Waals surface area contributed by atoms with E-state index in [1.54, 1.807) is 0 Å². The van der Waals surface area contributed by atoms with Gasteiger partial charge in [-0.2, -0.15) is 0 Å². The number of hydrogen-bond acceptors (Lipinski definition) is 5. The van der Waals surface area contributed by atoms with Gasteiger partial charge in [-0.25, -0.2) is 4.79 Å². The first-order valence-electron chi connectivity index (χ1n) is 7.14. The number of carboxylic acids is 1. The highest BCUT2D eigenvalue weighted by Crippen LogP contribution is 2.27. The number of carbonyl (C=O) groups is 2. The van der Waals surface area contributed by atoms with Crippen LogP contribution in [0.3, 0.4) is 0 Å². The molecule has 7 nitrogen and oxygen atoms in total. The number of piperidine rings is 1. The summed E-state index contributed by atoms with van der Waals surface area (Å²) in [6.45, 7) is 2.20. The summed E-state index contributed by atoms with van der Waals surface area (Å²) in [7, 11) is 0. The van der Waals surface area contributed by atoms with Crippen molar-refractivity contribution in [2.24, 2.45) is 5.16 Å². The van der Waals surface area contributed by atoms with Gasteiger partial charge < -0.3 is 20.2 Å². The molecule has 0 aromatic heterocycles. The van der Waals surface area contributed by atoms with Gasteiger partial charge in [0.2, 0.25) is 6.10 Å². The summed E-state index contributed by atoms with van der Waals surface area (Å²) in [5.74, 6) is -1.37. The minimum absolute atomic E-state index is 0.0451. The Labute approximate surface area is 116 Å². The molecule has 3 atom stereocenters. The summed E-state index contributed by atoms with van der Waals surface area (Å²) in [5, 5.41) is 15.2. The minimum atomic E-state index is -1.13. The van der Waals surface area contributed by atoms with E-state index in [0.29, 0.717) is 6.04 Å². The van der Waals surface area contributed by atoms with Crippen molar-refractivity contribution < 1.29 is 19.5 Å². The molecule has 2 saturated heterocycles. The maximum atomic E-state index is 12.1. The first-order valence-corrected chi connectivity index (χ1v) is 7.14. The molecule has 0 bridgehead atoms. The summed E-state index contributed by atoms with van der Waals surface area (Å²) in [6, 6.07) is 0.753. The third-order valence-electron chi connectivity index (χ3n) is 4.38. The zero-order valence-electron chi connectivity index (χ0n) is 11.2. The molecule has 110 valence electrons. The van der Waals surface area contributed by atoms with Crippen LogP contribution in [-0.2, 0) is 14.4 Å². The molecular formula is C13H19N3O4. The Morgan fingerprint density at radius 1 is 1.35 bits per heavy atom. The van der Waals surface area contributed by atoms with Gasteiger partial charge in [0.15, 0.2) is 5.71 Å². The highest BCUT2D eigenvalue weighted by atomic mass is 16.6. The lowest BCUT2D eigenvalue weighted by molar-refractivity contribution is -0.132. The van der Waals surface area contributed by atoms with Gasteiger partial charge in [0.25, 0.3) is 5.91 Å². The van der Waals surface area contributed by atoms with Gasteiger partial charge in [-0.05, 0) is 32.2 Å². The van der Waals surface area contributed by atoms with Crippen molar-refractivity contribution >= 4 is 17.6 Å². The molecule has 0 aromatic carbocycles. The van der Waals surface area contributed by atoms with Crippen LogP contribution in [0.15, 0.2) is 5.16 Å². The van der Waals surface area contributed by atoms with Crippen molar-refractivity contribution in [2.45, 2.75) is 50.3 Å². The van der Waals surface area contributed by atoms with Crippen molar-refractivity contribution in [3.8, 4) is 0 Å². The van der Waals surface area contributed by atoms with E-state index in [9.17, 15) is 9.59 Å². The standard InChI is InChI=1S/C13H19N3O4/c17-12(11-7-10(13(18)19)15-20-11)14-8-3-5-16-4-1-2-9(16)6-8/h8-9,11H,1-7H2,(H,14,17)(H,18,19). The second-order valence-corrected chi connectivity index (χ2v) is 5.70.